The quantitative estimate of drug-likeness (QED) is 0.840. The number of piperidine rings is 1. The van der Waals surface area contributed by atoms with Crippen molar-refractivity contribution in [2.24, 2.45) is 0 Å². The van der Waals surface area contributed by atoms with Crippen LogP contribution in [0.15, 0.2) is 24.3 Å². The molecule has 2 heterocycles. The Kier molecular flexibility index (Phi) is 5.60. The van der Waals surface area contributed by atoms with Crippen LogP contribution < -0.4 is 10.1 Å². The van der Waals surface area contributed by atoms with E-state index < -0.39 is 5.60 Å². The second kappa shape index (κ2) is 7.73. The summed E-state index contributed by atoms with van der Waals surface area (Å²) in [6, 6.07) is 7.58. The predicted molar refractivity (Wildman–Crippen MR) is 103 cm³/mol. The Balaban J connectivity index is 1.55. The number of likely N-dealkylation sites (tertiary alicyclic amines) is 1. The minimum Gasteiger partial charge on any atom is -0.497 e. The molecule has 3 rings (SSSR count). The third-order valence-electron chi connectivity index (χ3n) is 4.93. The molecule has 1 aromatic carbocycles. The first kappa shape index (κ1) is 18.8. The van der Waals surface area contributed by atoms with Gasteiger partial charge in [0.2, 0.25) is 5.91 Å². The molecule has 2 N–H and O–H groups in total. The lowest BCUT2D eigenvalue weighted by molar-refractivity contribution is -0.118. The van der Waals surface area contributed by atoms with Gasteiger partial charge in [-0.15, -0.1) is 11.3 Å². The van der Waals surface area contributed by atoms with Crippen LogP contribution in [0, 0.1) is 13.8 Å². The summed E-state index contributed by atoms with van der Waals surface area (Å²) in [6.45, 7) is 5.57. The van der Waals surface area contributed by atoms with E-state index >= 15 is 0 Å². The highest BCUT2D eigenvalue weighted by atomic mass is 32.1. The van der Waals surface area contributed by atoms with Gasteiger partial charge in [0, 0.05) is 18.0 Å². The standard InChI is InChI=1S/C19H25N3O3S/c1-13-14(2)26-18(20-13)21-17(23)12-22-9-7-19(24,8-10-22)15-5-4-6-16(11-15)25-3/h4-6,11,24H,7-10,12H2,1-3H3,(H,20,21,23). The lowest BCUT2D eigenvalue weighted by atomic mass is 9.84. The number of anilines is 1. The van der Waals surface area contributed by atoms with E-state index in [2.05, 4.69) is 15.2 Å². The molecule has 1 saturated heterocycles. The molecule has 0 aliphatic carbocycles. The Bertz CT molecular complexity index is 763. The van der Waals surface area contributed by atoms with Crippen LogP contribution >= 0.6 is 11.3 Å². The molecule has 2 aromatic rings. The zero-order chi connectivity index (χ0) is 18.7. The number of ether oxygens (including phenoxy) is 1. The van der Waals surface area contributed by atoms with Gasteiger partial charge in [-0.3, -0.25) is 9.69 Å². The van der Waals surface area contributed by atoms with Crippen LogP contribution in [0.4, 0.5) is 5.13 Å². The molecule has 1 aliphatic heterocycles. The summed E-state index contributed by atoms with van der Waals surface area (Å²) >= 11 is 1.49. The molecule has 0 radical (unpaired) electrons. The number of thiazole rings is 1. The van der Waals surface area contributed by atoms with Gasteiger partial charge in [0.15, 0.2) is 5.13 Å². The highest BCUT2D eigenvalue weighted by Gasteiger charge is 2.34. The SMILES string of the molecule is COc1cccc(C2(O)CCN(CC(=O)Nc3nc(C)c(C)s3)CC2)c1. The number of aromatic nitrogens is 1. The molecule has 1 fully saturated rings. The zero-order valence-corrected chi connectivity index (χ0v) is 16.2. The summed E-state index contributed by atoms with van der Waals surface area (Å²) in [7, 11) is 1.62. The van der Waals surface area contributed by atoms with Gasteiger partial charge >= 0.3 is 0 Å². The number of amides is 1. The van der Waals surface area contributed by atoms with E-state index in [1.807, 2.05) is 38.1 Å². The number of aryl methyl sites for hydroxylation is 2. The molecule has 1 aliphatic rings. The van der Waals surface area contributed by atoms with Crippen molar-refractivity contribution in [2.45, 2.75) is 32.3 Å². The number of nitrogens with zero attached hydrogens (tertiary/aromatic N) is 2. The summed E-state index contributed by atoms with van der Waals surface area (Å²) in [5.74, 6) is 0.678. The molecule has 7 heteroatoms. The number of hydrogen-bond acceptors (Lipinski definition) is 6. The number of aliphatic hydroxyl groups is 1. The maximum atomic E-state index is 12.3. The minimum atomic E-state index is -0.870. The zero-order valence-electron chi connectivity index (χ0n) is 15.4. The molecule has 0 unspecified atom stereocenters. The number of benzene rings is 1. The molecule has 6 nitrogen and oxygen atoms in total. The van der Waals surface area contributed by atoms with Crippen molar-refractivity contribution in [3.63, 3.8) is 0 Å². The van der Waals surface area contributed by atoms with Crippen molar-refractivity contribution in [3.05, 3.63) is 40.4 Å². The predicted octanol–water partition coefficient (Wildman–Crippen LogP) is 2.69. The van der Waals surface area contributed by atoms with Crippen LogP contribution in [0.25, 0.3) is 0 Å². The van der Waals surface area contributed by atoms with E-state index in [1.54, 1.807) is 7.11 Å². The molecule has 1 aromatic heterocycles. The van der Waals surface area contributed by atoms with Crippen LogP contribution in [-0.4, -0.2) is 47.6 Å². The maximum absolute atomic E-state index is 12.3. The summed E-state index contributed by atoms with van der Waals surface area (Å²) in [6.07, 6.45) is 1.17. The van der Waals surface area contributed by atoms with Crippen molar-refractivity contribution < 1.29 is 14.6 Å². The molecular formula is C19H25N3O3S. The largest absolute Gasteiger partial charge is 0.497 e. The van der Waals surface area contributed by atoms with Gasteiger partial charge < -0.3 is 15.2 Å². The number of methoxy groups -OCH3 is 1. The maximum Gasteiger partial charge on any atom is 0.240 e. The van der Waals surface area contributed by atoms with E-state index in [0.29, 0.717) is 37.6 Å². The van der Waals surface area contributed by atoms with Crippen LogP contribution in [0.2, 0.25) is 0 Å². The average molecular weight is 375 g/mol. The van der Waals surface area contributed by atoms with E-state index in [-0.39, 0.29) is 5.91 Å². The smallest absolute Gasteiger partial charge is 0.240 e. The second-order valence-corrected chi connectivity index (χ2v) is 7.95. The summed E-state index contributed by atoms with van der Waals surface area (Å²) < 4.78 is 5.25. The van der Waals surface area contributed by atoms with Crippen LogP contribution in [0.5, 0.6) is 5.75 Å². The molecule has 0 spiro atoms. The monoisotopic (exact) mass is 375 g/mol. The fourth-order valence-corrected chi connectivity index (χ4v) is 4.00. The number of nitrogens with one attached hydrogen (secondary N) is 1. The fourth-order valence-electron chi connectivity index (χ4n) is 3.17. The number of carbonyl (C=O) groups excluding carboxylic acids is 1. The van der Waals surface area contributed by atoms with Gasteiger partial charge in [0.1, 0.15) is 5.75 Å². The molecule has 0 atom stereocenters. The summed E-state index contributed by atoms with van der Waals surface area (Å²) in [5, 5.41) is 14.5. The van der Waals surface area contributed by atoms with Gasteiger partial charge in [-0.1, -0.05) is 12.1 Å². The first-order valence-corrected chi connectivity index (χ1v) is 9.54. The fraction of sp³-hybridized carbons (Fsp3) is 0.474. The van der Waals surface area contributed by atoms with Crippen LogP contribution in [0.1, 0.15) is 29.0 Å². The van der Waals surface area contributed by atoms with Crippen molar-refractivity contribution in [1.29, 1.82) is 0 Å². The number of rotatable bonds is 5. The van der Waals surface area contributed by atoms with E-state index in [4.69, 9.17) is 4.74 Å². The number of hydrogen-bond donors (Lipinski definition) is 2. The topological polar surface area (TPSA) is 74.7 Å². The highest BCUT2D eigenvalue weighted by molar-refractivity contribution is 7.15. The normalized spacial score (nSPS) is 17.1. The molecule has 0 saturated carbocycles. The lowest BCUT2D eigenvalue weighted by Crippen LogP contribution is -2.45. The van der Waals surface area contributed by atoms with Gasteiger partial charge in [-0.25, -0.2) is 4.98 Å². The van der Waals surface area contributed by atoms with Crippen molar-refractivity contribution in [3.8, 4) is 5.75 Å². The number of carbonyl (C=O) groups is 1. The summed E-state index contributed by atoms with van der Waals surface area (Å²) in [5.41, 5.74) is 0.951. The van der Waals surface area contributed by atoms with Crippen molar-refractivity contribution in [2.75, 3.05) is 32.1 Å². The Hall–Kier alpha value is -1.96. The van der Waals surface area contributed by atoms with E-state index in [1.165, 1.54) is 11.3 Å². The van der Waals surface area contributed by atoms with Crippen molar-refractivity contribution in [1.82, 2.24) is 9.88 Å². The Labute approximate surface area is 157 Å². The molecule has 140 valence electrons. The third-order valence-corrected chi connectivity index (χ3v) is 5.92. The average Bonchev–Trinajstić information content (AvgIpc) is 2.94. The van der Waals surface area contributed by atoms with E-state index in [9.17, 15) is 9.90 Å². The molecule has 26 heavy (non-hydrogen) atoms. The highest BCUT2D eigenvalue weighted by Crippen LogP contribution is 2.34. The minimum absolute atomic E-state index is 0.0643. The first-order chi connectivity index (χ1) is 12.4. The molecule has 0 bridgehead atoms. The Morgan fingerprint density at radius 2 is 2.12 bits per heavy atom. The molecular weight excluding hydrogens is 350 g/mol. The molecule has 1 amide bonds. The lowest BCUT2D eigenvalue weighted by Gasteiger charge is -2.38. The second-order valence-electron chi connectivity index (χ2n) is 6.75. The van der Waals surface area contributed by atoms with E-state index in [0.717, 1.165) is 21.9 Å². The van der Waals surface area contributed by atoms with Crippen LogP contribution in [-0.2, 0) is 10.4 Å². The van der Waals surface area contributed by atoms with Gasteiger partial charge in [0.05, 0.1) is 24.9 Å². The Morgan fingerprint density at radius 1 is 1.38 bits per heavy atom. The third kappa shape index (κ3) is 4.23. The Morgan fingerprint density at radius 3 is 2.73 bits per heavy atom. The van der Waals surface area contributed by atoms with Gasteiger partial charge in [-0.05, 0) is 44.4 Å². The van der Waals surface area contributed by atoms with Crippen LogP contribution in [0.3, 0.4) is 0 Å². The van der Waals surface area contributed by atoms with Gasteiger partial charge in [-0.2, -0.15) is 0 Å². The van der Waals surface area contributed by atoms with Gasteiger partial charge in [0.25, 0.3) is 0 Å². The summed E-state index contributed by atoms with van der Waals surface area (Å²) in [4.78, 5) is 19.8. The first-order valence-electron chi connectivity index (χ1n) is 8.73. The van der Waals surface area contributed by atoms with Crippen molar-refractivity contribution >= 4 is 22.4 Å².